The summed E-state index contributed by atoms with van der Waals surface area (Å²) in [4.78, 5) is 0. The Bertz CT molecular complexity index is 169. The van der Waals surface area contributed by atoms with Crippen LogP contribution in [0, 0.1) is 17.3 Å². The van der Waals surface area contributed by atoms with Crippen molar-refractivity contribution >= 4 is 0 Å². The van der Waals surface area contributed by atoms with Crippen LogP contribution < -0.4 is 0 Å². The van der Waals surface area contributed by atoms with Gasteiger partial charge in [-0.05, 0) is 36.5 Å². The number of hydrogen-bond acceptors (Lipinski definition) is 0. The molecule has 1 aliphatic rings. The Morgan fingerprint density at radius 3 is 2.40 bits per heavy atom. The van der Waals surface area contributed by atoms with Crippen molar-refractivity contribution in [3.8, 4) is 0 Å². The normalized spacial score (nSPS) is 30.4. The molecule has 0 aromatic carbocycles. The first kappa shape index (κ1) is 13.1. The van der Waals surface area contributed by atoms with Crippen LogP contribution in [0.4, 0.5) is 0 Å². The van der Waals surface area contributed by atoms with E-state index in [-0.39, 0.29) is 0 Å². The lowest BCUT2D eigenvalue weighted by atomic mass is 9.67. The second kappa shape index (κ2) is 5.92. The van der Waals surface area contributed by atoms with Gasteiger partial charge in [0.05, 0.1) is 0 Å². The van der Waals surface area contributed by atoms with E-state index in [0.717, 1.165) is 11.8 Å². The zero-order valence-corrected chi connectivity index (χ0v) is 11.3. The summed E-state index contributed by atoms with van der Waals surface area (Å²) in [6.07, 6.45) is 11.6. The molecule has 2 atom stereocenters. The third kappa shape index (κ3) is 5.04. The van der Waals surface area contributed by atoms with Gasteiger partial charge in [0.2, 0.25) is 0 Å². The first-order valence-corrected chi connectivity index (χ1v) is 7.03. The van der Waals surface area contributed by atoms with E-state index in [1.54, 1.807) is 0 Å². The lowest BCUT2D eigenvalue weighted by Crippen LogP contribution is -2.27. The van der Waals surface area contributed by atoms with E-state index in [4.69, 9.17) is 0 Å². The SMILES string of the molecule is CCCCCCC1CC(C)CC(C)(C)C1. The van der Waals surface area contributed by atoms with Gasteiger partial charge in [-0.15, -0.1) is 0 Å². The maximum Gasteiger partial charge on any atom is -0.0349 e. The van der Waals surface area contributed by atoms with Gasteiger partial charge in [0, 0.05) is 0 Å². The third-order valence-corrected chi connectivity index (χ3v) is 3.94. The fourth-order valence-corrected chi connectivity index (χ4v) is 3.62. The van der Waals surface area contributed by atoms with E-state index >= 15 is 0 Å². The van der Waals surface area contributed by atoms with Crippen LogP contribution >= 0.6 is 0 Å². The molecule has 0 aliphatic heterocycles. The van der Waals surface area contributed by atoms with Crippen LogP contribution in [0.3, 0.4) is 0 Å². The third-order valence-electron chi connectivity index (χ3n) is 3.94. The Balaban J connectivity index is 2.23. The van der Waals surface area contributed by atoms with Gasteiger partial charge >= 0.3 is 0 Å². The predicted octanol–water partition coefficient (Wildman–Crippen LogP) is 5.42. The van der Waals surface area contributed by atoms with Crippen LogP contribution in [-0.2, 0) is 0 Å². The van der Waals surface area contributed by atoms with Gasteiger partial charge in [-0.3, -0.25) is 0 Å². The summed E-state index contributed by atoms with van der Waals surface area (Å²) >= 11 is 0. The summed E-state index contributed by atoms with van der Waals surface area (Å²) in [7, 11) is 0. The van der Waals surface area contributed by atoms with Gasteiger partial charge < -0.3 is 0 Å². The summed E-state index contributed by atoms with van der Waals surface area (Å²) in [5.74, 6) is 1.99. The molecule has 0 heteroatoms. The molecule has 0 saturated heterocycles. The Labute approximate surface area is 96.8 Å². The first-order chi connectivity index (χ1) is 7.03. The molecule has 0 radical (unpaired) electrons. The second-order valence-corrected chi connectivity index (χ2v) is 6.63. The van der Waals surface area contributed by atoms with E-state index in [0.29, 0.717) is 5.41 Å². The average Bonchev–Trinajstić information content (AvgIpc) is 2.09. The minimum absolute atomic E-state index is 0.618. The minimum Gasteiger partial charge on any atom is -0.0654 e. The van der Waals surface area contributed by atoms with Crippen molar-refractivity contribution in [3.05, 3.63) is 0 Å². The Morgan fingerprint density at radius 2 is 1.80 bits per heavy atom. The molecule has 0 spiro atoms. The van der Waals surface area contributed by atoms with E-state index in [9.17, 15) is 0 Å². The molecular weight excluding hydrogens is 180 g/mol. The van der Waals surface area contributed by atoms with Gasteiger partial charge in [0.25, 0.3) is 0 Å². The standard InChI is InChI=1S/C15H30/c1-5-6-7-8-9-14-10-13(2)11-15(3,4)12-14/h13-14H,5-12H2,1-4H3. The molecule has 0 N–H and O–H groups in total. The summed E-state index contributed by atoms with van der Waals surface area (Å²) in [5, 5.41) is 0. The van der Waals surface area contributed by atoms with Gasteiger partial charge in [0.1, 0.15) is 0 Å². The second-order valence-electron chi connectivity index (χ2n) is 6.63. The Kier molecular flexibility index (Phi) is 5.15. The molecular formula is C15H30. The highest BCUT2D eigenvalue weighted by Crippen LogP contribution is 2.43. The zero-order valence-electron chi connectivity index (χ0n) is 11.3. The topological polar surface area (TPSA) is 0 Å². The van der Waals surface area contributed by atoms with Crippen molar-refractivity contribution in [2.45, 2.75) is 79.1 Å². The predicted molar refractivity (Wildman–Crippen MR) is 69.0 cm³/mol. The van der Waals surface area contributed by atoms with Gasteiger partial charge in [-0.1, -0.05) is 59.8 Å². The van der Waals surface area contributed by atoms with Crippen molar-refractivity contribution in [2.24, 2.45) is 17.3 Å². The monoisotopic (exact) mass is 210 g/mol. The van der Waals surface area contributed by atoms with Crippen molar-refractivity contribution in [1.82, 2.24) is 0 Å². The zero-order chi connectivity index (χ0) is 11.3. The highest BCUT2D eigenvalue weighted by Gasteiger charge is 2.31. The maximum absolute atomic E-state index is 2.46. The molecule has 1 aliphatic carbocycles. The molecule has 0 aromatic rings. The number of unbranched alkanes of at least 4 members (excludes halogenated alkanes) is 3. The van der Waals surface area contributed by atoms with Crippen LogP contribution in [0.25, 0.3) is 0 Å². The Hall–Kier alpha value is 0. The molecule has 90 valence electrons. The summed E-state index contributed by atoms with van der Waals surface area (Å²) in [6.45, 7) is 9.66. The van der Waals surface area contributed by atoms with Crippen LogP contribution in [0.1, 0.15) is 79.1 Å². The molecule has 0 heterocycles. The number of rotatable bonds is 5. The summed E-state index contributed by atoms with van der Waals surface area (Å²) < 4.78 is 0. The quantitative estimate of drug-likeness (QED) is 0.532. The molecule has 2 unspecified atom stereocenters. The molecule has 1 rings (SSSR count). The molecule has 1 fully saturated rings. The molecule has 1 saturated carbocycles. The molecule has 15 heavy (non-hydrogen) atoms. The molecule has 0 amide bonds. The highest BCUT2D eigenvalue weighted by molar-refractivity contribution is 4.82. The molecule has 0 bridgehead atoms. The minimum atomic E-state index is 0.618. The maximum atomic E-state index is 2.46. The van der Waals surface area contributed by atoms with Crippen molar-refractivity contribution in [3.63, 3.8) is 0 Å². The summed E-state index contributed by atoms with van der Waals surface area (Å²) in [6, 6.07) is 0. The Morgan fingerprint density at radius 1 is 1.07 bits per heavy atom. The van der Waals surface area contributed by atoms with Crippen LogP contribution in [0.15, 0.2) is 0 Å². The highest BCUT2D eigenvalue weighted by atomic mass is 14.4. The van der Waals surface area contributed by atoms with Crippen molar-refractivity contribution in [2.75, 3.05) is 0 Å². The first-order valence-electron chi connectivity index (χ1n) is 7.03. The summed E-state index contributed by atoms with van der Waals surface area (Å²) in [5.41, 5.74) is 0.618. The van der Waals surface area contributed by atoms with E-state index in [2.05, 4.69) is 27.7 Å². The lowest BCUT2D eigenvalue weighted by molar-refractivity contribution is 0.125. The molecule has 0 aromatic heterocycles. The van der Waals surface area contributed by atoms with Gasteiger partial charge in [-0.25, -0.2) is 0 Å². The van der Waals surface area contributed by atoms with E-state index in [1.165, 1.54) is 51.4 Å². The average molecular weight is 210 g/mol. The fraction of sp³-hybridized carbons (Fsp3) is 1.00. The fourth-order valence-electron chi connectivity index (χ4n) is 3.62. The number of hydrogen-bond donors (Lipinski definition) is 0. The largest absolute Gasteiger partial charge is 0.0654 e. The van der Waals surface area contributed by atoms with Gasteiger partial charge in [0.15, 0.2) is 0 Å². The van der Waals surface area contributed by atoms with Crippen molar-refractivity contribution in [1.29, 1.82) is 0 Å². The molecule has 0 nitrogen and oxygen atoms in total. The van der Waals surface area contributed by atoms with E-state index in [1.807, 2.05) is 0 Å². The smallest absolute Gasteiger partial charge is 0.0349 e. The van der Waals surface area contributed by atoms with Crippen molar-refractivity contribution < 1.29 is 0 Å². The van der Waals surface area contributed by atoms with Crippen LogP contribution in [0.5, 0.6) is 0 Å². The van der Waals surface area contributed by atoms with Gasteiger partial charge in [-0.2, -0.15) is 0 Å². The van der Waals surface area contributed by atoms with Crippen LogP contribution in [0.2, 0.25) is 0 Å². The van der Waals surface area contributed by atoms with Crippen LogP contribution in [-0.4, -0.2) is 0 Å². The lowest BCUT2D eigenvalue weighted by Gasteiger charge is -2.39. The van der Waals surface area contributed by atoms with E-state index < -0.39 is 0 Å².